The summed E-state index contributed by atoms with van der Waals surface area (Å²) in [5.41, 5.74) is 18.9. The molecule has 0 aromatic carbocycles. The van der Waals surface area contributed by atoms with Crippen molar-refractivity contribution in [2.45, 2.75) is 141 Å². The summed E-state index contributed by atoms with van der Waals surface area (Å²) in [6.45, 7) is 7.34. The number of imidazole rings is 2. The minimum atomic E-state index is -4.16. The number of ether oxygens (including phenoxy) is 4. The summed E-state index contributed by atoms with van der Waals surface area (Å²) in [4.78, 5) is 75.1. The van der Waals surface area contributed by atoms with Crippen molar-refractivity contribution in [1.29, 1.82) is 1.45 Å². The molecule has 10 N–H and O–H groups in total. The number of nitrogens with two attached hydrogens (primary N) is 3. The Morgan fingerprint density at radius 3 is 1.56 bits per heavy atom. The molecule has 23 nitrogen and oxygen atoms in total. The van der Waals surface area contributed by atoms with E-state index in [1.54, 1.807) is 36.2 Å². The van der Waals surface area contributed by atoms with Gasteiger partial charge in [0, 0.05) is 18.6 Å². The van der Waals surface area contributed by atoms with Crippen LogP contribution >= 0.6 is 27.5 Å². The maximum absolute atomic E-state index is 12.4. The molecule has 0 amide bonds. The Morgan fingerprint density at radius 1 is 0.750 bits per heavy atom. The molecule has 4 aromatic heterocycles. The van der Waals surface area contributed by atoms with Gasteiger partial charge in [-0.25, -0.2) is 35.0 Å². The third kappa shape index (κ3) is 19.6. The van der Waals surface area contributed by atoms with E-state index in [0.29, 0.717) is 35.4 Å². The Bertz CT molecular complexity index is 2130. The van der Waals surface area contributed by atoms with Gasteiger partial charge in [0.05, 0.1) is 38.0 Å². The van der Waals surface area contributed by atoms with Crippen LogP contribution in [0.3, 0.4) is 0 Å². The summed E-state index contributed by atoms with van der Waals surface area (Å²) in [6.07, 6.45) is 14.5. The molecule has 2 saturated carbocycles. The number of esters is 2. The molecule has 2 fully saturated rings. The van der Waals surface area contributed by atoms with Crippen LogP contribution in [0.25, 0.3) is 22.3 Å². The topological polar surface area (TPSA) is 343 Å². The van der Waals surface area contributed by atoms with Gasteiger partial charge in [-0.2, -0.15) is 0 Å². The van der Waals surface area contributed by atoms with E-state index in [4.69, 9.17) is 50.7 Å². The standard InChI is InChI=1S/C18H29N6O5P.C9H14N5O4P.C9H17NO2.ClH.FH.V/c1-12(8-24-10-22-15-16(19)20-9-21-17(15)24)28-11-30(26,27)23-13(2)18(25)29-14-6-4-3-5-7-14;1-6(18-5-19(15,16)17)2-14-4-13-7-8(10)11-3-12-9(7)14;1-7(10)9(11)12-8-5-3-2-4-6-8;;;/h9-10,12-14H,3-8,11H2,1-2H3,(H2,19,20,21)(H2,23,26,27);3-4,6H,2,5H2,1H3,(H2,10,11,12)(H2,15,16,17);7-8H,2-6,10H2,1H3;2*1H;/t12-,13-;6-;7-;;;/m111.../s1/i/hT. The van der Waals surface area contributed by atoms with Gasteiger partial charge < -0.3 is 60.0 Å². The van der Waals surface area contributed by atoms with Gasteiger partial charge in [-0.05, 0) is 79.1 Å². The van der Waals surface area contributed by atoms with Crippen LogP contribution in [0.1, 0.15) is 91.9 Å². The van der Waals surface area contributed by atoms with Gasteiger partial charge >= 0.3 is 19.5 Å². The first-order valence-electron chi connectivity index (χ1n) is 20.6. The van der Waals surface area contributed by atoms with Crippen LogP contribution in [0.4, 0.5) is 16.4 Å². The first-order valence-corrected chi connectivity index (χ1v) is 23.8. The molecule has 0 spiro atoms. The van der Waals surface area contributed by atoms with E-state index >= 15 is 0 Å². The van der Waals surface area contributed by atoms with Crippen LogP contribution in [0, 0.1) is 0 Å². The van der Waals surface area contributed by atoms with E-state index in [0.717, 1.165) is 44.9 Å². The number of aromatic nitrogens is 8. The molecule has 28 heteroatoms. The summed E-state index contributed by atoms with van der Waals surface area (Å²) in [5, 5.41) is 2.45. The average Bonchev–Trinajstić information content (AvgIpc) is 3.86. The minimum Gasteiger partial charge on any atom is -0.461 e. The maximum Gasteiger partial charge on any atom is 0.350 e. The summed E-state index contributed by atoms with van der Waals surface area (Å²) >= 11 is 0. The van der Waals surface area contributed by atoms with Gasteiger partial charge in [0.1, 0.15) is 60.7 Å². The largest absolute Gasteiger partial charge is 0.461 e. The van der Waals surface area contributed by atoms with Crippen LogP contribution in [0.5, 0.6) is 0 Å². The second-order valence-electron chi connectivity index (χ2n) is 15.3. The van der Waals surface area contributed by atoms with E-state index in [-0.39, 0.29) is 60.8 Å². The zero-order valence-electron chi connectivity index (χ0n) is 37.2. The van der Waals surface area contributed by atoms with Crippen molar-refractivity contribution in [2.75, 3.05) is 24.2 Å². The van der Waals surface area contributed by atoms with E-state index in [1.807, 2.05) is 0 Å². The number of nitrogens with zero attached hydrogens (tertiary/aromatic N) is 8. The molecule has 2 aliphatic carbocycles. The minimum absolute atomic E-state index is 0. The molecule has 4 heterocycles. The predicted octanol–water partition coefficient (Wildman–Crippen LogP) is 3.54. The SMILES string of the molecule is C[C@@H](N)C(=O)OC1CCCCC1.C[C@H](Cn1cnc2c(N)ncnc21)OCP(=O)(O)N[C@H](C)C(=O)OC1CCCCC1.C[C@H](Cn1cnc2c(N)ncnc21)OCP(=O)(O)O.Cl.[3H]F.[V]. The van der Waals surface area contributed by atoms with Crippen molar-refractivity contribution in [3.8, 4) is 0 Å². The molecule has 2 aliphatic rings. The molecule has 1 unspecified atom stereocenters. The average molecular weight is 1010 g/mol. The van der Waals surface area contributed by atoms with Crippen molar-refractivity contribution in [1.82, 2.24) is 44.1 Å². The van der Waals surface area contributed by atoms with E-state index in [9.17, 15) is 23.6 Å². The molecule has 1 radical (unpaired) electrons. The van der Waals surface area contributed by atoms with Crippen molar-refractivity contribution >= 4 is 73.4 Å². The van der Waals surface area contributed by atoms with Gasteiger partial charge in [-0.1, -0.05) is 12.8 Å². The third-order valence-corrected chi connectivity index (χ3v) is 11.4. The first kappa shape index (κ1) is 56.8. The number of rotatable bonds is 16. The molecule has 0 bridgehead atoms. The van der Waals surface area contributed by atoms with Gasteiger partial charge in [-0.15, -0.1) is 12.4 Å². The van der Waals surface area contributed by atoms with Gasteiger partial charge in [0.2, 0.25) is 0 Å². The van der Waals surface area contributed by atoms with Gasteiger partial charge in [0.25, 0.3) is 8.97 Å². The van der Waals surface area contributed by atoms with Crippen LogP contribution in [-0.2, 0) is 69.3 Å². The zero-order chi connectivity index (χ0) is 46.7. The van der Waals surface area contributed by atoms with Crippen molar-refractivity contribution in [3.05, 3.63) is 25.3 Å². The summed E-state index contributed by atoms with van der Waals surface area (Å²) in [6, 6.07) is -1.38. The molecular formula is C36H62ClFN12O11P2V. The Hall–Kier alpha value is -3.38. The third-order valence-electron chi connectivity index (χ3n) is 9.62. The van der Waals surface area contributed by atoms with Crippen molar-refractivity contribution in [3.63, 3.8) is 0 Å². The Morgan fingerprint density at radius 2 is 1.16 bits per heavy atom. The Labute approximate surface area is 390 Å². The van der Waals surface area contributed by atoms with E-state index < -0.39 is 58.1 Å². The van der Waals surface area contributed by atoms with Gasteiger partial charge in [-0.3, -0.25) is 23.4 Å². The van der Waals surface area contributed by atoms with Gasteiger partial charge in [0.15, 0.2) is 22.9 Å². The zero-order valence-corrected chi connectivity index (χ0v) is 40.2. The second-order valence-corrected chi connectivity index (χ2v) is 18.8. The first-order chi connectivity index (χ1) is 29.8. The fraction of sp³-hybridized carbons (Fsp3) is 0.667. The summed E-state index contributed by atoms with van der Waals surface area (Å²) in [5.74, 6) is -0.216. The van der Waals surface area contributed by atoms with Crippen LogP contribution in [0.2, 0.25) is 0 Å². The Kier molecular flexibility index (Phi) is 24.8. The van der Waals surface area contributed by atoms with E-state index in [2.05, 4.69) is 36.4 Å². The predicted molar refractivity (Wildman–Crippen MR) is 234 cm³/mol. The van der Waals surface area contributed by atoms with Crippen molar-refractivity contribution in [2.24, 2.45) is 5.73 Å². The second kappa shape index (κ2) is 28.0. The molecule has 6 rings (SSSR count). The number of carbonyl (C=O) groups excluding carboxylic acids is 2. The smallest absolute Gasteiger partial charge is 0.350 e. The quantitative estimate of drug-likeness (QED) is 0.0623. The van der Waals surface area contributed by atoms with Crippen molar-refractivity contribution < 1.29 is 75.6 Å². The number of nitrogens with one attached hydrogen (secondary N) is 1. The van der Waals surface area contributed by atoms with Crippen LogP contribution in [-0.4, -0.2) is 116 Å². The number of hydrogen-bond acceptors (Lipinski definition) is 17. The summed E-state index contributed by atoms with van der Waals surface area (Å²) in [7, 11) is -8.06. The number of fused-ring (bicyclic) bond motifs is 2. The molecule has 0 saturated heterocycles. The number of hydrogen-bond donors (Lipinski definition) is 7. The molecule has 361 valence electrons. The normalized spacial score (nSPS) is 17.4. The monoisotopic (exact) mass is 1010 g/mol. The fourth-order valence-electron chi connectivity index (χ4n) is 6.47. The molecule has 5 atom stereocenters. The molecular weight excluding hydrogens is 944 g/mol. The summed E-state index contributed by atoms with van der Waals surface area (Å²) < 4.78 is 60.8. The number of anilines is 2. The fourth-order valence-corrected chi connectivity index (χ4v) is 8.16. The van der Waals surface area contributed by atoms with E-state index in [1.165, 1.54) is 45.2 Å². The maximum atomic E-state index is 12.4. The number of carbonyl (C=O) groups is 2. The molecule has 0 aliphatic heterocycles. The molecule has 64 heavy (non-hydrogen) atoms. The number of halogens is 2. The van der Waals surface area contributed by atoms with Crippen LogP contribution in [0.15, 0.2) is 25.3 Å². The number of nitrogen functional groups attached to an aromatic ring is 2. The molecule has 4 aromatic rings. The van der Waals surface area contributed by atoms with Crippen LogP contribution < -0.4 is 22.3 Å². The Balaban J connectivity index is 0.000000517.